The smallest absolute Gasteiger partial charge is 0.292 e. The first kappa shape index (κ1) is 12.6. The summed E-state index contributed by atoms with van der Waals surface area (Å²) in [5.74, 6) is 0. The normalized spacial score (nSPS) is 10.3. The summed E-state index contributed by atoms with van der Waals surface area (Å²) < 4.78 is 0.791. The van der Waals surface area contributed by atoms with E-state index in [-0.39, 0.29) is 5.69 Å². The van der Waals surface area contributed by atoms with Crippen LogP contribution in [0.25, 0.3) is 0 Å². The van der Waals surface area contributed by atoms with Gasteiger partial charge in [-0.1, -0.05) is 15.9 Å². The average Bonchev–Trinajstić information content (AvgIpc) is 2.72. The van der Waals surface area contributed by atoms with Crippen LogP contribution in [0.5, 0.6) is 0 Å². The molecule has 2 rings (SSSR count). The molecule has 0 aliphatic heterocycles. The lowest BCUT2D eigenvalue weighted by Crippen LogP contribution is -2.03. The van der Waals surface area contributed by atoms with Gasteiger partial charge in [0.15, 0.2) is 0 Å². The monoisotopic (exact) mass is 310 g/mol. The van der Waals surface area contributed by atoms with Crippen LogP contribution in [0.1, 0.15) is 11.3 Å². The van der Waals surface area contributed by atoms with Crippen molar-refractivity contribution in [3.8, 4) is 0 Å². The Morgan fingerprint density at radius 3 is 2.94 bits per heavy atom. The van der Waals surface area contributed by atoms with Gasteiger partial charge in [-0.25, -0.2) is 0 Å². The standard InChI is InChI=1S/C11H11BrN4O2/c1-7-8(6-14-15-7)5-13-10-4-9(12)2-3-11(10)16(17)18/h2-4,6,13H,5H2,1H3,(H,14,15). The van der Waals surface area contributed by atoms with Crippen molar-refractivity contribution in [3.05, 3.63) is 50.2 Å². The summed E-state index contributed by atoms with van der Waals surface area (Å²) in [6.45, 7) is 2.39. The highest BCUT2D eigenvalue weighted by atomic mass is 79.9. The molecule has 0 saturated heterocycles. The third-order valence-electron chi connectivity index (χ3n) is 2.56. The predicted octanol–water partition coefficient (Wildman–Crippen LogP) is 3.00. The molecule has 18 heavy (non-hydrogen) atoms. The number of anilines is 1. The fourth-order valence-corrected chi connectivity index (χ4v) is 1.91. The van der Waals surface area contributed by atoms with E-state index in [1.807, 2.05) is 6.92 Å². The molecule has 0 unspecified atom stereocenters. The van der Waals surface area contributed by atoms with Gasteiger partial charge in [0.05, 0.1) is 11.1 Å². The van der Waals surface area contributed by atoms with E-state index in [1.165, 1.54) is 6.07 Å². The van der Waals surface area contributed by atoms with Crippen molar-refractivity contribution in [3.63, 3.8) is 0 Å². The van der Waals surface area contributed by atoms with Gasteiger partial charge in [-0.05, 0) is 19.1 Å². The lowest BCUT2D eigenvalue weighted by molar-refractivity contribution is -0.384. The Hall–Kier alpha value is -1.89. The Bertz CT molecular complexity index is 582. The Kier molecular flexibility index (Phi) is 3.61. The molecule has 0 aliphatic rings. The second-order valence-electron chi connectivity index (χ2n) is 3.79. The molecule has 0 amide bonds. The molecule has 1 heterocycles. The number of H-pyrrole nitrogens is 1. The highest BCUT2D eigenvalue weighted by Crippen LogP contribution is 2.28. The second-order valence-corrected chi connectivity index (χ2v) is 4.71. The minimum absolute atomic E-state index is 0.0550. The topological polar surface area (TPSA) is 83.8 Å². The second kappa shape index (κ2) is 5.18. The van der Waals surface area contributed by atoms with E-state index in [0.29, 0.717) is 12.2 Å². The largest absolute Gasteiger partial charge is 0.375 e. The van der Waals surface area contributed by atoms with Crippen LogP contribution in [0.2, 0.25) is 0 Å². The van der Waals surface area contributed by atoms with E-state index in [4.69, 9.17) is 0 Å². The molecule has 0 aliphatic carbocycles. The van der Waals surface area contributed by atoms with E-state index in [9.17, 15) is 10.1 Å². The molecule has 0 fully saturated rings. The predicted molar refractivity (Wildman–Crippen MR) is 71.4 cm³/mol. The molecule has 0 radical (unpaired) electrons. The Balaban J connectivity index is 2.20. The van der Waals surface area contributed by atoms with E-state index in [2.05, 4.69) is 31.4 Å². The van der Waals surface area contributed by atoms with E-state index >= 15 is 0 Å². The van der Waals surface area contributed by atoms with Crippen molar-refractivity contribution >= 4 is 27.3 Å². The number of nitrogens with one attached hydrogen (secondary N) is 2. The van der Waals surface area contributed by atoms with Crippen LogP contribution < -0.4 is 5.32 Å². The maximum atomic E-state index is 10.9. The summed E-state index contributed by atoms with van der Waals surface area (Å²) in [6.07, 6.45) is 1.70. The zero-order chi connectivity index (χ0) is 13.1. The van der Waals surface area contributed by atoms with Crippen molar-refractivity contribution in [2.75, 3.05) is 5.32 Å². The van der Waals surface area contributed by atoms with E-state index in [0.717, 1.165) is 15.7 Å². The molecule has 0 spiro atoms. The molecule has 0 bridgehead atoms. The number of aromatic amines is 1. The van der Waals surface area contributed by atoms with Gasteiger partial charge in [0.2, 0.25) is 0 Å². The molecule has 2 N–H and O–H groups in total. The maximum Gasteiger partial charge on any atom is 0.292 e. The molecular formula is C11H11BrN4O2. The minimum atomic E-state index is -0.406. The highest BCUT2D eigenvalue weighted by molar-refractivity contribution is 9.10. The molecule has 2 aromatic rings. The molecular weight excluding hydrogens is 300 g/mol. The van der Waals surface area contributed by atoms with E-state index in [1.54, 1.807) is 18.3 Å². The first-order valence-electron chi connectivity index (χ1n) is 5.24. The Labute approximate surface area is 112 Å². The number of hydrogen-bond acceptors (Lipinski definition) is 4. The molecule has 0 saturated carbocycles. The Morgan fingerprint density at radius 2 is 2.33 bits per heavy atom. The summed E-state index contributed by atoms with van der Waals surface area (Å²) in [6, 6.07) is 4.80. The highest BCUT2D eigenvalue weighted by Gasteiger charge is 2.13. The Morgan fingerprint density at radius 1 is 1.56 bits per heavy atom. The maximum absolute atomic E-state index is 10.9. The van der Waals surface area contributed by atoms with Crippen molar-refractivity contribution in [1.82, 2.24) is 10.2 Å². The zero-order valence-electron chi connectivity index (χ0n) is 9.61. The van der Waals surface area contributed by atoms with Gasteiger partial charge in [-0.3, -0.25) is 15.2 Å². The molecule has 0 atom stereocenters. The third-order valence-corrected chi connectivity index (χ3v) is 3.05. The molecule has 7 heteroatoms. The summed E-state index contributed by atoms with van der Waals surface area (Å²) in [7, 11) is 0. The van der Waals surface area contributed by atoms with Gasteiger partial charge in [0.1, 0.15) is 5.69 Å². The van der Waals surface area contributed by atoms with Crippen LogP contribution in [-0.2, 0) is 6.54 Å². The van der Waals surface area contributed by atoms with Crippen molar-refractivity contribution in [2.24, 2.45) is 0 Å². The van der Waals surface area contributed by atoms with Crippen LogP contribution in [0.15, 0.2) is 28.9 Å². The number of aromatic nitrogens is 2. The quantitative estimate of drug-likeness (QED) is 0.671. The lowest BCUT2D eigenvalue weighted by Gasteiger charge is -2.07. The van der Waals surface area contributed by atoms with Crippen molar-refractivity contribution < 1.29 is 4.92 Å². The van der Waals surface area contributed by atoms with Crippen LogP contribution in [-0.4, -0.2) is 15.1 Å². The van der Waals surface area contributed by atoms with Crippen LogP contribution >= 0.6 is 15.9 Å². The number of hydrogen-bond donors (Lipinski definition) is 2. The lowest BCUT2D eigenvalue weighted by atomic mass is 10.2. The van der Waals surface area contributed by atoms with Gasteiger partial charge in [0.25, 0.3) is 5.69 Å². The average molecular weight is 311 g/mol. The fourth-order valence-electron chi connectivity index (χ4n) is 1.55. The van der Waals surface area contributed by atoms with Crippen LogP contribution in [0.4, 0.5) is 11.4 Å². The zero-order valence-corrected chi connectivity index (χ0v) is 11.2. The number of rotatable bonds is 4. The summed E-state index contributed by atoms with van der Waals surface area (Å²) in [5, 5.41) is 20.7. The van der Waals surface area contributed by atoms with Gasteiger partial charge in [0, 0.05) is 28.3 Å². The third kappa shape index (κ3) is 2.67. The van der Waals surface area contributed by atoms with Gasteiger partial charge in [-0.15, -0.1) is 0 Å². The van der Waals surface area contributed by atoms with Crippen LogP contribution in [0.3, 0.4) is 0 Å². The van der Waals surface area contributed by atoms with Crippen molar-refractivity contribution in [1.29, 1.82) is 0 Å². The first-order valence-corrected chi connectivity index (χ1v) is 6.04. The summed E-state index contributed by atoms with van der Waals surface area (Å²) >= 11 is 3.30. The molecule has 1 aromatic heterocycles. The summed E-state index contributed by atoms with van der Waals surface area (Å²) in [4.78, 5) is 10.5. The SMILES string of the molecule is Cc1[nH]ncc1CNc1cc(Br)ccc1[N+](=O)[O-]. The van der Waals surface area contributed by atoms with Gasteiger partial charge in [-0.2, -0.15) is 5.10 Å². The molecule has 1 aromatic carbocycles. The fraction of sp³-hybridized carbons (Fsp3) is 0.182. The number of nitro benzene ring substituents is 1. The number of nitro groups is 1. The molecule has 6 nitrogen and oxygen atoms in total. The molecule has 94 valence electrons. The van der Waals surface area contributed by atoms with Crippen molar-refractivity contribution in [2.45, 2.75) is 13.5 Å². The summed E-state index contributed by atoms with van der Waals surface area (Å²) in [5.41, 5.74) is 2.46. The van der Waals surface area contributed by atoms with Gasteiger partial charge >= 0.3 is 0 Å². The number of halogens is 1. The van der Waals surface area contributed by atoms with Gasteiger partial charge < -0.3 is 5.32 Å². The number of nitrogens with zero attached hydrogens (tertiary/aromatic N) is 2. The van der Waals surface area contributed by atoms with Crippen LogP contribution in [0, 0.1) is 17.0 Å². The number of aryl methyl sites for hydroxylation is 1. The minimum Gasteiger partial charge on any atom is -0.375 e. The van der Waals surface area contributed by atoms with E-state index < -0.39 is 4.92 Å². The number of benzene rings is 1. The first-order chi connectivity index (χ1) is 8.58.